The number of ether oxygens (including phenoxy) is 1. The summed E-state index contributed by atoms with van der Waals surface area (Å²) in [7, 11) is 0. The Hall–Kier alpha value is -7.63. The highest BCUT2D eigenvalue weighted by molar-refractivity contribution is 6.05. The summed E-state index contributed by atoms with van der Waals surface area (Å²) >= 11 is 0. The maximum Gasteiger partial charge on any atom is 0.349 e. The van der Waals surface area contributed by atoms with Gasteiger partial charge in [0.05, 0.1) is 50.2 Å². The minimum atomic E-state index is -1.07. The van der Waals surface area contributed by atoms with Crippen molar-refractivity contribution in [2.75, 3.05) is 5.32 Å². The van der Waals surface area contributed by atoms with Crippen LogP contribution in [0.15, 0.2) is 101 Å². The number of amides is 1. The highest BCUT2D eigenvalue weighted by Gasteiger charge is 2.20. The van der Waals surface area contributed by atoms with Crippen LogP contribution in [0.1, 0.15) is 31.1 Å². The van der Waals surface area contributed by atoms with Gasteiger partial charge in [-0.25, -0.2) is 28.9 Å². The Labute approximate surface area is 270 Å². The van der Waals surface area contributed by atoms with E-state index in [4.69, 9.17) is 4.74 Å². The van der Waals surface area contributed by atoms with E-state index in [-0.39, 0.29) is 56.4 Å². The molecule has 240 valence electrons. The average Bonchev–Trinajstić information content (AvgIpc) is 3.80. The average molecular weight is 659 g/mol. The lowest BCUT2D eigenvalue weighted by Crippen LogP contribution is -2.15. The number of H-pyrrole nitrogens is 2. The fourth-order valence-electron chi connectivity index (χ4n) is 4.73. The monoisotopic (exact) mass is 658 g/mol. The van der Waals surface area contributed by atoms with Crippen LogP contribution in [0.4, 0.5) is 11.4 Å². The summed E-state index contributed by atoms with van der Waals surface area (Å²) in [6.07, 6.45) is 4.56. The standard InChI is InChI=1S/C31H18N10O8/c42-25(16-4-2-1-3-5-16)34-19-6-8-23-21(10-19)26(43)37-30(35-23)39-14-17(12-32-39)28(45)49-29(46)18-13-33-40(15-18)31-36-24-9-7-20(41(47)48)11-22(24)27(44)38-31/h1-15H,(H,34,42)(H,35,37,43)(H,36,38,44). The van der Waals surface area contributed by atoms with Crippen LogP contribution in [0.2, 0.25) is 0 Å². The summed E-state index contributed by atoms with van der Waals surface area (Å²) in [6, 6.07) is 16.8. The Balaban J connectivity index is 1.05. The molecule has 0 unspecified atom stereocenters. The van der Waals surface area contributed by atoms with Crippen molar-refractivity contribution in [3.63, 3.8) is 0 Å². The minimum Gasteiger partial charge on any atom is -0.386 e. The number of rotatable bonds is 7. The predicted molar refractivity (Wildman–Crippen MR) is 170 cm³/mol. The van der Waals surface area contributed by atoms with Crippen LogP contribution < -0.4 is 16.4 Å². The minimum absolute atomic E-state index is 0.0162. The molecule has 49 heavy (non-hydrogen) atoms. The molecule has 3 aromatic carbocycles. The van der Waals surface area contributed by atoms with Gasteiger partial charge in [-0.05, 0) is 36.4 Å². The fraction of sp³-hybridized carbons (Fsp3) is 0. The summed E-state index contributed by atoms with van der Waals surface area (Å²) in [6.45, 7) is 0. The quantitative estimate of drug-likeness (QED) is 0.0969. The van der Waals surface area contributed by atoms with Gasteiger partial charge >= 0.3 is 11.9 Å². The second kappa shape index (κ2) is 11.9. The van der Waals surface area contributed by atoms with E-state index in [1.807, 2.05) is 0 Å². The maximum absolute atomic E-state index is 12.9. The van der Waals surface area contributed by atoms with Gasteiger partial charge in [-0.3, -0.25) is 34.5 Å². The van der Waals surface area contributed by atoms with E-state index in [0.29, 0.717) is 11.3 Å². The second-order valence-corrected chi connectivity index (χ2v) is 10.3. The first-order valence-electron chi connectivity index (χ1n) is 14.1. The maximum atomic E-state index is 12.9. The first-order valence-corrected chi connectivity index (χ1v) is 14.1. The highest BCUT2D eigenvalue weighted by Crippen LogP contribution is 2.19. The number of nitrogens with zero attached hydrogens (tertiary/aromatic N) is 7. The molecule has 0 aliphatic carbocycles. The first kappa shape index (κ1) is 30.0. The van der Waals surface area contributed by atoms with Gasteiger partial charge in [-0.2, -0.15) is 10.2 Å². The van der Waals surface area contributed by atoms with Crippen LogP contribution in [0, 0.1) is 10.1 Å². The number of nitrogens with one attached hydrogen (secondary N) is 3. The molecule has 0 bridgehead atoms. The Kier molecular flexibility index (Phi) is 7.33. The van der Waals surface area contributed by atoms with E-state index < -0.39 is 28.0 Å². The van der Waals surface area contributed by atoms with E-state index in [0.717, 1.165) is 34.0 Å². The second-order valence-electron chi connectivity index (χ2n) is 10.3. The molecule has 1 amide bonds. The number of fused-ring (bicyclic) bond motifs is 2. The van der Waals surface area contributed by atoms with Crippen molar-refractivity contribution >= 4 is 51.0 Å². The number of non-ortho nitro benzene ring substituents is 1. The van der Waals surface area contributed by atoms with Gasteiger partial charge in [0.15, 0.2) is 0 Å². The van der Waals surface area contributed by atoms with E-state index in [1.165, 1.54) is 24.4 Å². The molecule has 0 radical (unpaired) electrons. The molecule has 0 saturated carbocycles. The third-order valence-electron chi connectivity index (χ3n) is 7.13. The number of nitro groups is 1. The molecular weight excluding hydrogens is 640 g/mol. The molecule has 0 spiro atoms. The molecule has 0 atom stereocenters. The summed E-state index contributed by atoms with van der Waals surface area (Å²) in [5.74, 6) is -2.61. The van der Waals surface area contributed by atoms with Gasteiger partial charge in [-0.15, -0.1) is 0 Å². The fourth-order valence-corrected chi connectivity index (χ4v) is 4.73. The molecule has 18 nitrogen and oxygen atoms in total. The summed E-state index contributed by atoms with van der Waals surface area (Å²) in [5.41, 5.74) is -0.526. The lowest BCUT2D eigenvalue weighted by atomic mass is 10.2. The number of carbonyl (C=O) groups excluding carboxylic acids is 3. The van der Waals surface area contributed by atoms with Gasteiger partial charge in [0.1, 0.15) is 0 Å². The Bertz CT molecular complexity index is 2610. The highest BCUT2D eigenvalue weighted by atomic mass is 16.6. The smallest absolute Gasteiger partial charge is 0.349 e. The molecule has 0 saturated heterocycles. The van der Waals surface area contributed by atoms with Crippen LogP contribution in [0.5, 0.6) is 0 Å². The van der Waals surface area contributed by atoms with E-state index in [9.17, 15) is 34.1 Å². The molecule has 7 aromatic rings. The third-order valence-corrected chi connectivity index (χ3v) is 7.13. The lowest BCUT2D eigenvalue weighted by Gasteiger charge is -2.07. The Morgan fingerprint density at radius 3 is 1.86 bits per heavy atom. The number of anilines is 1. The van der Waals surface area contributed by atoms with Crippen LogP contribution in [0.25, 0.3) is 33.7 Å². The van der Waals surface area contributed by atoms with Crippen LogP contribution in [0.3, 0.4) is 0 Å². The molecule has 18 heteroatoms. The number of esters is 2. The van der Waals surface area contributed by atoms with Crippen LogP contribution >= 0.6 is 0 Å². The van der Waals surface area contributed by atoms with Crippen molar-refractivity contribution in [3.8, 4) is 11.9 Å². The van der Waals surface area contributed by atoms with Crippen molar-refractivity contribution in [2.45, 2.75) is 0 Å². The summed E-state index contributed by atoms with van der Waals surface area (Å²) < 4.78 is 7.12. The van der Waals surface area contributed by atoms with Crippen molar-refractivity contribution in [1.29, 1.82) is 0 Å². The number of nitro benzene ring substituents is 1. The van der Waals surface area contributed by atoms with Crippen molar-refractivity contribution in [3.05, 3.63) is 139 Å². The van der Waals surface area contributed by atoms with Gasteiger partial charge in [0.2, 0.25) is 11.9 Å². The molecule has 7 rings (SSSR count). The topological polar surface area (TPSA) is 243 Å². The SMILES string of the molecule is O=C(Nc1ccc2nc(-n3cc(C(=O)OC(=O)c4cnn(-c5nc6ccc([N+](=O)[O-])cc6c(=O)[nH]5)c4)cn3)[nH]c(=O)c2c1)c1ccccc1. The molecule has 0 aliphatic rings. The molecule has 4 heterocycles. The van der Waals surface area contributed by atoms with E-state index in [1.54, 1.807) is 42.5 Å². The number of hydrogen-bond acceptors (Lipinski definition) is 12. The Morgan fingerprint density at radius 2 is 1.29 bits per heavy atom. The number of aromatic amines is 2. The molecule has 0 fully saturated rings. The first-order chi connectivity index (χ1) is 23.6. The number of hydrogen-bond donors (Lipinski definition) is 3. The summed E-state index contributed by atoms with van der Waals surface area (Å²) in [5, 5.41) is 22.0. The van der Waals surface area contributed by atoms with Crippen LogP contribution in [-0.4, -0.2) is 62.3 Å². The molecule has 3 N–H and O–H groups in total. The number of aromatic nitrogens is 8. The van der Waals surface area contributed by atoms with Gasteiger partial charge in [0, 0.05) is 35.8 Å². The summed E-state index contributed by atoms with van der Waals surface area (Å²) in [4.78, 5) is 87.4. The van der Waals surface area contributed by atoms with Crippen molar-refractivity contribution in [1.82, 2.24) is 39.5 Å². The molecule has 4 aromatic heterocycles. The van der Waals surface area contributed by atoms with Crippen molar-refractivity contribution < 1.29 is 24.0 Å². The molecule has 0 aliphatic heterocycles. The van der Waals surface area contributed by atoms with Gasteiger partial charge < -0.3 is 10.1 Å². The Morgan fingerprint density at radius 1 is 0.735 bits per heavy atom. The zero-order valence-electron chi connectivity index (χ0n) is 24.6. The predicted octanol–water partition coefficient (Wildman–Crippen LogP) is 2.69. The number of carbonyl (C=O) groups is 3. The van der Waals surface area contributed by atoms with E-state index in [2.05, 4.69) is 35.5 Å². The normalized spacial score (nSPS) is 11.0. The molecular formula is C31H18N10O8. The third kappa shape index (κ3) is 5.90. The largest absolute Gasteiger partial charge is 0.386 e. The van der Waals surface area contributed by atoms with E-state index >= 15 is 0 Å². The van der Waals surface area contributed by atoms with Gasteiger partial charge in [0.25, 0.3) is 22.7 Å². The zero-order chi connectivity index (χ0) is 34.2. The van der Waals surface area contributed by atoms with Crippen LogP contribution in [-0.2, 0) is 4.74 Å². The van der Waals surface area contributed by atoms with Crippen molar-refractivity contribution in [2.24, 2.45) is 0 Å². The van der Waals surface area contributed by atoms with Gasteiger partial charge in [-0.1, -0.05) is 18.2 Å². The number of benzene rings is 3. The lowest BCUT2D eigenvalue weighted by molar-refractivity contribution is -0.384. The zero-order valence-corrected chi connectivity index (χ0v) is 24.6.